The molecule has 7 nitrogen and oxygen atoms in total. The van der Waals surface area contributed by atoms with E-state index in [1.54, 1.807) is 23.1 Å². The first-order valence-corrected chi connectivity index (χ1v) is 18.2. The number of rotatable bonds is 13. The van der Waals surface area contributed by atoms with E-state index in [1.807, 2.05) is 62.4 Å². The molecule has 1 aliphatic rings. The highest BCUT2D eigenvalue weighted by atomic mass is 35.5. The van der Waals surface area contributed by atoms with E-state index in [2.05, 4.69) is 5.32 Å². The molecule has 0 aromatic heterocycles. The molecule has 3 aromatic carbocycles. The van der Waals surface area contributed by atoms with Gasteiger partial charge in [-0.2, -0.15) is 0 Å². The number of sulfonamides is 1. The third-order valence-electron chi connectivity index (χ3n) is 8.26. The van der Waals surface area contributed by atoms with Gasteiger partial charge < -0.3 is 10.2 Å². The summed E-state index contributed by atoms with van der Waals surface area (Å²) in [5.74, 6) is -0.491. The maximum Gasteiger partial charge on any atom is 0.243 e. The Morgan fingerprint density at radius 3 is 2.13 bits per heavy atom. The predicted octanol–water partition coefficient (Wildman–Crippen LogP) is 7.25. The van der Waals surface area contributed by atoms with E-state index in [4.69, 9.17) is 23.2 Å². The van der Waals surface area contributed by atoms with Gasteiger partial charge in [0.2, 0.25) is 21.8 Å². The van der Waals surface area contributed by atoms with E-state index in [9.17, 15) is 18.0 Å². The lowest BCUT2D eigenvalue weighted by Gasteiger charge is -2.34. The van der Waals surface area contributed by atoms with Gasteiger partial charge in [0.05, 0.1) is 11.9 Å². The number of carbonyl (C=O) groups excluding carboxylic acids is 2. The fourth-order valence-electron chi connectivity index (χ4n) is 6.05. The van der Waals surface area contributed by atoms with E-state index < -0.39 is 16.1 Å². The van der Waals surface area contributed by atoms with Crippen molar-refractivity contribution in [2.75, 3.05) is 17.1 Å². The zero-order valence-electron chi connectivity index (χ0n) is 26.3. The molecule has 10 heteroatoms. The monoisotopic (exact) mass is 671 g/mol. The van der Waals surface area contributed by atoms with Gasteiger partial charge >= 0.3 is 0 Å². The summed E-state index contributed by atoms with van der Waals surface area (Å²) >= 11 is 13.1. The Labute approximate surface area is 278 Å². The minimum absolute atomic E-state index is 0.0287. The molecular weight excluding hydrogens is 629 g/mol. The molecule has 1 aliphatic carbocycles. The number of aryl methyl sites for hydroxylation is 2. The molecule has 0 aliphatic heterocycles. The zero-order valence-corrected chi connectivity index (χ0v) is 28.6. The number of amides is 2. The smallest absolute Gasteiger partial charge is 0.243 e. The molecule has 0 saturated heterocycles. The second kappa shape index (κ2) is 16.0. The molecule has 1 saturated carbocycles. The van der Waals surface area contributed by atoms with Crippen molar-refractivity contribution in [1.82, 2.24) is 10.2 Å². The predicted molar refractivity (Wildman–Crippen MR) is 183 cm³/mol. The van der Waals surface area contributed by atoms with Crippen LogP contribution < -0.4 is 9.62 Å². The first kappa shape index (κ1) is 34.8. The lowest BCUT2D eigenvalue weighted by atomic mass is 9.94. The summed E-state index contributed by atoms with van der Waals surface area (Å²) in [7, 11) is -3.61. The SMILES string of the molecule is Cc1cc(C)cc(N(CCCC(=O)N(Cc2c(Cl)cccc2Cl)[C@@H](Cc2ccccc2)C(=O)NC2CCCCC2)S(C)(=O)=O)c1. The topological polar surface area (TPSA) is 86.8 Å². The van der Waals surface area contributed by atoms with Crippen LogP contribution in [0.4, 0.5) is 5.69 Å². The van der Waals surface area contributed by atoms with Crippen molar-refractivity contribution >= 4 is 50.7 Å². The van der Waals surface area contributed by atoms with Crippen molar-refractivity contribution in [3.8, 4) is 0 Å². The van der Waals surface area contributed by atoms with Crippen LogP contribution in [-0.4, -0.2) is 50.0 Å². The molecule has 0 radical (unpaired) electrons. The summed E-state index contributed by atoms with van der Waals surface area (Å²) < 4.78 is 27.0. The largest absolute Gasteiger partial charge is 0.352 e. The van der Waals surface area contributed by atoms with Crippen molar-refractivity contribution in [1.29, 1.82) is 0 Å². The summed E-state index contributed by atoms with van der Waals surface area (Å²) in [4.78, 5) is 29.8. The maximum absolute atomic E-state index is 14.2. The van der Waals surface area contributed by atoms with Crippen molar-refractivity contribution < 1.29 is 18.0 Å². The van der Waals surface area contributed by atoms with Crippen LogP contribution in [0.2, 0.25) is 10.0 Å². The van der Waals surface area contributed by atoms with Gasteiger partial charge in [-0.1, -0.05) is 84.9 Å². The van der Waals surface area contributed by atoms with Gasteiger partial charge in [0.25, 0.3) is 0 Å². The van der Waals surface area contributed by atoms with Gasteiger partial charge in [-0.25, -0.2) is 8.42 Å². The fraction of sp³-hybridized carbons (Fsp3) is 0.429. The molecular formula is C35H43Cl2N3O4S. The van der Waals surface area contributed by atoms with Crippen LogP contribution in [0.3, 0.4) is 0 Å². The van der Waals surface area contributed by atoms with Gasteiger partial charge in [0, 0.05) is 47.6 Å². The summed E-state index contributed by atoms with van der Waals surface area (Å²) in [5.41, 5.74) is 3.94. The third-order valence-corrected chi connectivity index (χ3v) is 10.2. The molecule has 45 heavy (non-hydrogen) atoms. The van der Waals surface area contributed by atoms with Crippen LogP contribution in [0.1, 0.15) is 67.2 Å². The van der Waals surface area contributed by atoms with E-state index in [1.165, 1.54) is 10.6 Å². The summed E-state index contributed by atoms with van der Waals surface area (Å²) in [5, 5.41) is 4.04. The van der Waals surface area contributed by atoms with E-state index in [0.29, 0.717) is 27.7 Å². The second-order valence-electron chi connectivity index (χ2n) is 12.1. The number of anilines is 1. The number of hydrogen-bond acceptors (Lipinski definition) is 4. The van der Waals surface area contributed by atoms with Crippen molar-refractivity contribution in [2.24, 2.45) is 0 Å². The number of carbonyl (C=O) groups is 2. The Balaban J connectivity index is 1.63. The Kier molecular flexibility index (Phi) is 12.3. The van der Waals surface area contributed by atoms with Gasteiger partial charge in [-0.05, 0) is 74.1 Å². The molecule has 242 valence electrons. The van der Waals surface area contributed by atoms with Crippen LogP contribution in [0.5, 0.6) is 0 Å². The van der Waals surface area contributed by atoms with Crippen LogP contribution in [-0.2, 0) is 32.6 Å². The van der Waals surface area contributed by atoms with Crippen molar-refractivity contribution in [3.05, 3.63) is 99.0 Å². The standard InChI is InChI=1S/C35H43Cl2N3O4S/c1-25-20-26(2)22-29(21-25)40(45(3,43)44)19-11-18-34(41)39(24-30-31(36)16-10-17-32(30)37)33(23-27-12-6-4-7-13-27)35(42)38-28-14-8-5-9-15-28/h4,6-7,10,12-13,16-17,20-22,28,33H,5,8-9,11,14-15,18-19,23-24H2,1-3H3,(H,38,42)/t33-/m0/s1. The normalized spacial score (nSPS) is 14.5. The summed E-state index contributed by atoms with van der Waals surface area (Å²) in [6.07, 6.45) is 6.86. The second-order valence-corrected chi connectivity index (χ2v) is 14.8. The van der Waals surface area contributed by atoms with Crippen LogP contribution >= 0.6 is 23.2 Å². The fourth-order valence-corrected chi connectivity index (χ4v) is 7.52. The first-order chi connectivity index (χ1) is 21.4. The molecule has 2 amide bonds. The van der Waals surface area contributed by atoms with E-state index in [0.717, 1.165) is 48.8 Å². The molecule has 1 N–H and O–H groups in total. The van der Waals surface area contributed by atoms with Gasteiger partial charge in [-0.3, -0.25) is 13.9 Å². The average Bonchev–Trinajstić information content (AvgIpc) is 2.98. The number of benzene rings is 3. The third kappa shape index (κ3) is 9.96. The summed E-state index contributed by atoms with van der Waals surface area (Å²) in [6.45, 7) is 4.00. The maximum atomic E-state index is 14.2. The van der Waals surface area contributed by atoms with Crippen molar-refractivity contribution in [3.63, 3.8) is 0 Å². The highest BCUT2D eigenvalue weighted by molar-refractivity contribution is 7.92. The highest BCUT2D eigenvalue weighted by Gasteiger charge is 2.33. The Morgan fingerprint density at radius 1 is 0.911 bits per heavy atom. The molecule has 1 atom stereocenters. The molecule has 0 spiro atoms. The summed E-state index contributed by atoms with van der Waals surface area (Å²) in [6, 6.07) is 19.7. The lowest BCUT2D eigenvalue weighted by molar-refractivity contribution is -0.141. The van der Waals surface area contributed by atoms with Crippen molar-refractivity contribution in [2.45, 2.75) is 83.8 Å². The van der Waals surface area contributed by atoms with Gasteiger partial charge in [-0.15, -0.1) is 0 Å². The minimum atomic E-state index is -3.61. The molecule has 0 heterocycles. The van der Waals surface area contributed by atoms with E-state index >= 15 is 0 Å². The lowest BCUT2D eigenvalue weighted by Crippen LogP contribution is -2.53. The molecule has 1 fully saturated rings. The number of hydrogen-bond donors (Lipinski definition) is 1. The number of nitrogens with one attached hydrogen (secondary N) is 1. The van der Waals surface area contributed by atoms with E-state index in [-0.39, 0.29) is 43.8 Å². The van der Waals surface area contributed by atoms with Gasteiger partial charge in [0.15, 0.2) is 0 Å². The molecule has 0 bridgehead atoms. The molecule has 4 rings (SSSR count). The quantitative estimate of drug-likeness (QED) is 0.207. The molecule has 0 unspecified atom stereocenters. The number of halogens is 2. The number of nitrogens with zero attached hydrogens (tertiary/aromatic N) is 2. The minimum Gasteiger partial charge on any atom is -0.352 e. The van der Waals surface area contributed by atoms with Crippen LogP contribution in [0, 0.1) is 13.8 Å². The Hall–Kier alpha value is -3.07. The molecule has 3 aromatic rings. The first-order valence-electron chi connectivity index (χ1n) is 15.5. The average molecular weight is 673 g/mol. The zero-order chi connectivity index (χ0) is 32.6. The highest BCUT2D eigenvalue weighted by Crippen LogP contribution is 2.28. The Bertz CT molecular complexity index is 1540. The Morgan fingerprint density at radius 2 is 1.53 bits per heavy atom. The van der Waals surface area contributed by atoms with Gasteiger partial charge in [0.1, 0.15) is 6.04 Å². The van der Waals surface area contributed by atoms with Crippen LogP contribution in [0.15, 0.2) is 66.7 Å². The van der Waals surface area contributed by atoms with Crippen LogP contribution in [0.25, 0.3) is 0 Å².